The number of carbonyl (C=O) groups excluding carboxylic acids is 2. The van der Waals surface area contributed by atoms with Crippen molar-refractivity contribution in [3.05, 3.63) is 120 Å². The molecular weight excluding hydrogens is 590 g/mol. The van der Waals surface area contributed by atoms with Gasteiger partial charge in [0.2, 0.25) is 21.8 Å². The number of nitrogens with zero attached hydrogens (tertiary/aromatic N) is 2. The zero-order valence-electron chi connectivity index (χ0n) is 25.8. The van der Waals surface area contributed by atoms with Crippen LogP contribution in [-0.2, 0) is 32.6 Å². The predicted molar refractivity (Wildman–Crippen MR) is 176 cm³/mol. The van der Waals surface area contributed by atoms with E-state index in [2.05, 4.69) is 5.32 Å². The fourth-order valence-electron chi connectivity index (χ4n) is 4.81. The van der Waals surface area contributed by atoms with Crippen LogP contribution in [0.3, 0.4) is 0 Å². The summed E-state index contributed by atoms with van der Waals surface area (Å²) >= 11 is 0. The molecule has 0 bridgehead atoms. The summed E-state index contributed by atoms with van der Waals surface area (Å²) in [5.41, 5.74) is 1.89. The quantitative estimate of drug-likeness (QED) is 0.188. The molecule has 0 unspecified atom stereocenters. The Labute approximate surface area is 265 Å². The van der Waals surface area contributed by atoms with E-state index in [9.17, 15) is 18.0 Å². The Bertz CT molecular complexity index is 1650. The van der Waals surface area contributed by atoms with E-state index >= 15 is 0 Å². The van der Waals surface area contributed by atoms with Crippen LogP contribution >= 0.6 is 0 Å². The van der Waals surface area contributed by atoms with Crippen LogP contribution in [0.15, 0.2) is 109 Å². The third-order valence-corrected chi connectivity index (χ3v) is 8.23. The Morgan fingerprint density at radius 2 is 1.40 bits per heavy atom. The minimum absolute atomic E-state index is 0.0640. The summed E-state index contributed by atoms with van der Waals surface area (Å²) in [6.45, 7) is 1.95. The number of para-hydroxylation sites is 1. The maximum absolute atomic E-state index is 14.2. The maximum Gasteiger partial charge on any atom is 0.244 e. The fourth-order valence-corrected chi connectivity index (χ4v) is 5.66. The fraction of sp³-hybridized carbons (Fsp3) is 0.257. The number of amides is 2. The topological polar surface area (TPSA) is 105 Å². The predicted octanol–water partition coefficient (Wildman–Crippen LogP) is 5.42. The molecule has 0 saturated carbocycles. The second kappa shape index (κ2) is 15.8. The van der Waals surface area contributed by atoms with Gasteiger partial charge >= 0.3 is 0 Å². The maximum atomic E-state index is 14.2. The number of carbonyl (C=O) groups is 2. The number of methoxy groups -OCH3 is 1. The van der Waals surface area contributed by atoms with Gasteiger partial charge in [0.1, 0.15) is 29.8 Å². The van der Waals surface area contributed by atoms with Gasteiger partial charge in [0.25, 0.3) is 0 Å². The zero-order valence-corrected chi connectivity index (χ0v) is 26.6. The second-order valence-corrected chi connectivity index (χ2v) is 12.5. The Morgan fingerprint density at radius 3 is 2.02 bits per heavy atom. The van der Waals surface area contributed by atoms with Crippen molar-refractivity contribution >= 4 is 27.5 Å². The summed E-state index contributed by atoms with van der Waals surface area (Å²) in [6, 6.07) is 31.5. The Hall–Kier alpha value is -4.83. The van der Waals surface area contributed by atoms with Crippen molar-refractivity contribution in [2.24, 2.45) is 0 Å². The van der Waals surface area contributed by atoms with Crippen molar-refractivity contribution in [2.75, 3.05) is 30.8 Å². The van der Waals surface area contributed by atoms with Crippen LogP contribution in [0.4, 0.5) is 5.69 Å². The summed E-state index contributed by atoms with van der Waals surface area (Å²) in [4.78, 5) is 29.3. The van der Waals surface area contributed by atoms with Gasteiger partial charge < -0.3 is 19.7 Å². The van der Waals surface area contributed by atoms with Gasteiger partial charge in [-0.05, 0) is 66.1 Å². The van der Waals surface area contributed by atoms with E-state index in [4.69, 9.17) is 9.47 Å². The number of rotatable bonds is 15. The number of benzene rings is 4. The van der Waals surface area contributed by atoms with Gasteiger partial charge in [0.05, 0.1) is 19.1 Å². The van der Waals surface area contributed by atoms with E-state index in [1.54, 1.807) is 43.5 Å². The number of ether oxygens (including phenoxy) is 2. The Balaban J connectivity index is 1.68. The first-order chi connectivity index (χ1) is 21.7. The van der Waals surface area contributed by atoms with Crippen molar-refractivity contribution in [3.63, 3.8) is 0 Å². The average Bonchev–Trinajstić information content (AvgIpc) is 3.05. The van der Waals surface area contributed by atoms with Crippen LogP contribution in [-0.4, -0.2) is 57.6 Å². The molecule has 0 aliphatic carbocycles. The van der Waals surface area contributed by atoms with Crippen LogP contribution < -0.4 is 19.1 Å². The molecular formula is C35H39N3O6S. The molecule has 0 radical (unpaired) electrons. The van der Waals surface area contributed by atoms with E-state index in [0.717, 1.165) is 28.1 Å². The smallest absolute Gasteiger partial charge is 0.244 e. The van der Waals surface area contributed by atoms with Crippen LogP contribution in [0.25, 0.3) is 0 Å². The number of sulfonamides is 1. The van der Waals surface area contributed by atoms with Crippen molar-refractivity contribution in [2.45, 2.75) is 32.4 Å². The molecule has 0 spiro atoms. The van der Waals surface area contributed by atoms with Crippen molar-refractivity contribution in [1.82, 2.24) is 10.2 Å². The highest BCUT2D eigenvalue weighted by atomic mass is 32.2. The Kier molecular flexibility index (Phi) is 11.6. The SMILES string of the molecule is CCCNC(=O)[C@@H](Cc1ccccc1)N(Cc1cccc(OC)c1)C(=O)CN(c1ccc(Oc2ccccc2)cc1)S(C)(=O)=O. The Morgan fingerprint density at radius 1 is 0.800 bits per heavy atom. The van der Waals surface area contributed by atoms with Gasteiger partial charge in [0, 0.05) is 19.5 Å². The lowest BCUT2D eigenvalue weighted by Gasteiger charge is -2.33. The van der Waals surface area contributed by atoms with E-state index in [-0.39, 0.29) is 18.9 Å². The molecule has 9 nitrogen and oxygen atoms in total. The molecule has 10 heteroatoms. The normalized spacial score (nSPS) is 11.7. The van der Waals surface area contributed by atoms with E-state index in [0.29, 0.717) is 29.5 Å². The standard InChI is InChI=1S/C35H39N3O6S/c1-4-22-36-35(40)33(24-27-12-7-5-8-13-27)37(25-28-14-11-17-32(23-28)43-2)34(39)26-38(45(3,41)42)29-18-20-31(21-19-29)44-30-15-9-6-10-16-30/h5-21,23,33H,4,22,24-26H2,1-3H3,(H,36,40)/t33-/m1/s1. The minimum atomic E-state index is -3.90. The van der Waals surface area contributed by atoms with Crippen LogP contribution in [0.2, 0.25) is 0 Å². The molecule has 0 saturated heterocycles. The molecule has 2 amide bonds. The van der Waals surface area contributed by atoms with Gasteiger partial charge in [-0.3, -0.25) is 13.9 Å². The third-order valence-electron chi connectivity index (χ3n) is 7.09. The number of nitrogens with one attached hydrogen (secondary N) is 1. The van der Waals surface area contributed by atoms with Crippen molar-refractivity contribution < 1.29 is 27.5 Å². The van der Waals surface area contributed by atoms with E-state index in [1.165, 1.54) is 4.90 Å². The molecule has 0 aromatic heterocycles. The average molecular weight is 630 g/mol. The molecule has 236 valence electrons. The number of hydrogen-bond acceptors (Lipinski definition) is 6. The van der Waals surface area contributed by atoms with Gasteiger partial charge in [-0.2, -0.15) is 0 Å². The molecule has 0 aliphatic heterocycles. The lowest BCUT2D eigenvalue weighted by Crippen LogP contribution is -2.53. The van der Waals surface area contributed by atoms with Gasteiger partial charge in [-0.1, -0.05) is 67.6 Å². The first-order valence-corrected chi connectivity index (χ1v) is 16.6. The molecule has 1 N–H and O–H groups in total. The molecule has 0 aliphatic rings. The summed E-state index contributed by atoms with van der Waals surface area (Å²) in [5, 5.41) is 2.93. The lowest BCUT2D eigenvalue weighted by atomic mass is 10.0. The lowest BCUT2D eigenvalue weighted by molar-refractivity contribution is -0.140. The molecule has 1 atom stereocenters. The van der Waals surface area contributed by atoms with Gasteiger partial charge in [-0.15, -0.1) is 0 Å². The minimum Gasteiger partial charge on any atom is -0.497 e. The highest BCUT2D eigenvalue weighted by Gasteiger charge is 2.33. The number of hydrogen-bond donors (Lipinski definition) is 1. The summed E-state index contributed by atoms with van der Waals surface area (Å²) < 4.78 is 38.4. The first-order valence-electron chi connectivity index (χ1n) is 14.7. The molecule has 45 heavy (non-hydrogen) atoms. The molecule has 4 aromatic carbocycles. The molecule has 0 fully saturated rings. The molecule has 0 heterocycles. The monoisotopic (exact) mass is 629 g/mol. The van der Waals surface area contributed by atoms with Gasteiger partial charge in [0.15, 0.2) is 0 Å². The summed E-state index contributed by atoms with van der Waals surface area (Å²) in [6.07, 6.45) is 2.02. The first kappa shape index (κ1) is 33.1. The molecule has 4 aromatic rings. The highest BCUT2D eigenvalue weighted by molar-refractivity contribution is 7.92. The summed E-state index contributed by atoms with van der Waals surface area (Å²) in [7, 11) is -2.34. The van der Waals surface area contributed by atoms with Crippen molar-refractivity contribution in [1.29, 1.82) is 0 Å². The highest BCUT2D eigenvalue weighted by Crippen LogP contribution is 2.26. The molecule has 4 rings (SSSR count). The zero-order chi connectivity index (χ0) is 32.2. The number of anilines is 1. The summed E-state index contributed by atoms with van der Waals surface area (Å²) in [5.74, 6) is 0.913. The van der Waals surface area contributed by atoms with E-state index < -0.39 is 28.5 Å². The van der Waals surface area contributed by atoms with Gasteiger partial charge in [-0.25, -0.2) is 8.42 Å². The van der Waals surface area contributed by atoms with E-state index in [1.807, 2.05) is 79.7 Å². The largest absolute Gasteiger partial charge is 0.497 e. The second-order valence-electron chi connectivity index (χ2n) is 10.5. The third kappa shape index (κ3) is 9.58. The van der Waals surface area contributed by atoms with Crippen LogP contribution in [0.5, 0.6) is 17.2 Å². The van der Waals surface area contributed by atoms with Crippen LogP contribution in [0, 0.1) is 0 Å². The van der Waals surface area contributed by atoms with Crippen molar-refractivity contribution in [3.8, 4) is 17.2 Å². The van der Waals surface area contributed by atoms with Crippen LogP contribution in [0.1, 0.15) is 24.5 Å².